The summed E-state index contributed by atoms with van der Waals surface area (Å²) in [6, 6.07) is 14.8. The summed E-state index contributed by atoms with van der Waals surface area (Å²) >= 11 is 5.98. The van der Waals surface area contributed by atoms with Crippen LogP contribution in [-0.4, -0.2) is 5.91 Å². The third kappa shape index (κ3) is 4.23. The van der Waals surface area contributed by atoms with Gasteiger partial charge in [-0.05, 0) is 35.9 Å². The number of hydrogen-bond acceptors (Lipinski definition) is 3. The van der Waals surface area contributed by atoms with E-state index in [0.29, 0.717) is 17.1 Å². The quantitative estimate of drug-likeness (QED) is 0.903. The van der Waals surface area contributed by atoms with Gasteiger partial charge >= 0.3 is 0 Å². The molecule has 2 aromatic rings. The molecule has 0 spiro atoms. The van der Waals surface area contributed by atoms with Crippen LogP contribution in [0.4, 0.5) is 11.4 Å². The maximum absolute atomic E-state index is 10.9. The molecular weight excluding hydrogens is 286 g/mol. The molecule has 2 N–H and O–H groups in total. The monoisotopic (exact) mass is 299 g/mol. The van der Waals surface area contributed by atoms with Gasteiger partial charge in [0.1, 0.15) is 6.07 Å². The molecule has 1 amide bonds. The first kappa shape index (κ1) is 14.9. The van der Waals surface area contributed by atoms with E-state index in [1.807, 2.05) is 36.4 Å². The Morgan fingerprint density at radius 1 is 1.19 bits per heavy atom. The Morgan fingerprint density at radius 3 is 2.43 bits per heavy atom. The molecule has 0 aliphatic rings. The number of amides is 1. The van der Waals surface area contributed by atoms with E-state index in [1.165, 1.54) is 6.92 Å². The van der Waals surface area contributed by atoms with Gasteiger partial charge in [0, 0.05) is 24.8 Å². The van der Waals surface area contributed by atoms with Gasteiger partial charge in [0.2, 0.25) is 5.91 Å². The van der Waals surface area contributed by atoms with E-state index in [-0.39, 0.29) is 5.91 Å². The molecule has 0 saturated heterocycles. The van der Waals surface area contributed by atoms with Crippen molar-refractivity contribution in [3.63, 3.8) is 0 Å². The smallest absolute Gasteiger partial charge is 0.221 e. The van der Waals surface area contributed by atoms with E-state index < -0.39 is 0 Å². The zero-order valence-corrected chi connectivity index (χ0v) is 12.2. The predicted octanol–water partition coefficient (Wildman–Crippen LogP) is 3.78. The maximum atomic E-state index is 10.9. The Labute approximate surface area is 128 Å². The van der Waals surface area contributed by atoms with Crippen LogP contribution >= 0.6 is 11.6 Å². The van der Waals surface area contributed by atoms with Crippen molar-refractivity contribution in [3.8, 4) is 6.07 Å². The molecule has 0 saturated carbocycles. The number of nitrogens with one attached hydrogen (secondary N) is 2. The zero-order valence-electron chi connectivity index (χ0n) is 11.5. The van der Waals surface area contributed by atoms with Crippen LogP contribution in [0, 0.1) is 11.3 Å². The van der Waals surface area contributed by atoms with Crippen molar-refractivity contribution in [2.24, 2.45) is 0 Å². The largest absolute Gasteiger partial charge is 0.381 e. The van der Waals surface area contributed by atoms with Crippen LogP contribution in [0.25, 0.3) is 0 Å². The zero-order chi connectivity index (χ0) is 15.2. The highest BCUT2D eigenvalue weighted by molar-refractivity contribution is 6.32. The Bertz CT molecular complexity index is 690. The number of carbonyl (C=O) groups excluding carboxylic acids is 1. The summed E-state index contributed by atoms with van der Waals surface area (Å²) < 4.78 is 0. The number of anilines is 2. The molecule has 4 nitrogen and oxygen atoms in total. The van der Waals surface area contributed by atoms with Crippen molar-refractivity contribution < 1.29 is 4.79 Å². The van der Waals surface area contributed by atoms with Crippen molar-refractivity contribution in [1.82, 2.24) is 0 Å². The third-order valence-electron chi connectivity index (χ3n) is 2.86. The summed E-state index contributed by atoms with van der Waals surface area (Å²) in [6.45, 7) is 2.10. The lowest BCUT2D eigenvalue weighted by Gasteiger charge is -2.08. The number of benzene rings is 2. The SMILES string of the molecule is CC(=O)Nc1ccc(CNc2ccc(C#N)c(Cl)c2)cc1. The Kier molecular flexibility index (Phi) is 4.81. The molecule has 21 heavy (non-hydrogen) atoms. The van der Waals surface area contributed by atoms with Gasteiger partial charge in [-0.2, -0.15) is 5.26 Å². The molecule has 0 fully saturated rings. The molecule has 0 atom stereocenters. The Balaban J connectivity index is 1.98. The van der Waals surface area contributed by atoms with E-state index in [0.717, 1.165) is 16.9 Å². The molecule has 0 aliphatic carbocycles. The van der Waals surface area contributed by atoms with E-state index in [9.17, 15) is 4.79 Å². The molecule has 0 aliphatic heterocycles. The molecule has 5 heteroatoms. The topological polar surface area (TPSA) is 64.9 Å². The fourth-order valence-corrected chi connectivity index (χ4v) is 2.05. The van der Waals surface area contributed by atoms with Crippen LogP contribution in [0.5, 0.6) is 0 Å². The molecule has 0 radical (unpaired) electrons. The summed E-state index contributed by atoms with van der Waals surface area (Å²) in [5.74, 6) is -0.0897. The first-order chi connectivity index (χ1) is 10.1. The van der Waals surface area contributed by atoms with E-state index >= 15 is 0 Å². The number of hydrogen-bond donors (Lipinski definition) is 2. The lowest BCUT2D eigenvalue weighted by Crippen LogP contribution is -2.06. The second-order valence-electron chi connectivity index (χ2n) is 4.54. The van der Waals surface area contributed by atoms with Gasteiger partial charge in [0.15, 0.2) is 0 Å². The molecule has 0 aromatic heterocycles. The van der Waals surface area contributed by atoms with Crippen molar-refractivity contribution in [1.29, 1.82) is 5.26 Å². The van der Waals surface area contributed by atoms with E-state index in [1.54, 1.807) is 12.1 Å². The second-order valence-corrected chi connectivity index (χ2v) is 4.95. The minimum atomic E-state index is -0.0897. The second kappa shape index (κ2) is 6.78. The standard InChI is InChI=1S/C16H14ClN3O/c1-11(21)20-14-5-2-12(3-6-14)10-19-15-7-4-13(9-18)16(17)8-15/h2-8,19H,10H2,1H3,(H,20,21). The average Bonchev–Trinajstić information content (AvgIpc) is 2.46. The number of halogens is 1. The van der Waals surface area contributed by atoms with Gasteiger partial charge in [-0.3, -0.25) is 4.79 Å². The van der Waals surface area contributed by atoms with Gasteiger partial charge in [0.05, 0.1) is 10.6 Å². The van der Waals surface area contributed by atoms with Gasteiger partial charge in [-0.1, -0.05) is 23.7 Å². The lowest BCUT2D eigenvalue weighted by atomic mass is 10.2. The van der Waals surface area contributed by atoms with Gasteiger partial charge in [-0.15, -0.1) is 0 Å². The van der Waals surface area contributed by atoms with Crippen molar-refractivity contribution >= 4 is 28.9 Å². The lowest BCUT2D eigenvalue weighted by molar-refractivity contribution is -0.114. The summed E-state index contributed by atoms with van der Waals surface area (Å²) in [4.78, 5) is 10.9. The molecular formula is C16H14ClN3O. The predicted molar refractivity (Wildman–Crippen MR) is 84.2 cm³/mol. The van der Waals surface area contributed by atoms with Crippen LogP contribution in [0.2, 0.25) is 5.02 Å². The Hall–Kier alpha value is -2.51. The number of nitriles is 1. The minimum absolute atomic E-state index is 0.0897. The Morgan fingerprint density at radius 2 is 1.86 bits per heavy atom. The number of rotatable bonds is 4. The van der Waals surface area contributed by atoms with E-state index in [4.69, 9.17) is 16.9 Å². The molecule has 2 rings (SSSR count). The summed E-state index contributed by atoms with van der Waals surface area (Å²) in [7, 11) is 0. The number of nitrogens with zero attached hydrogens (tertiary/aromatic N) is 1. The number of carbonyl (C=O) groups is 1. The van der Waals surface area contributed by atoms with Crippen LogP contribution in [-0.2, 0) is 11.3 Å². The normalized spacial score (nSPS) is 9.76. The van der Waals surface area contributed by atoms with Crippen molar-refractivity contribution in [3.05, 3.63) is 58.6 Å². The minimum Gasteiger partial charge on any atom is -0.381 e. The van der Waals surface area contributed by atoms with Gasteiger partial charge < -0.3 is 10.6 Å². The molecule has 0 heterocycles. The van der Waals surface area contributed by atoms with Crippen molar-refractivity contribution in [2.75, 3.05) is 10.6 Å². The van der Waals surface area contributed by atoms with Gasteiger partial charge in [-0.25, -0.2) is 0 Å². The molecule has 106 valence electrons. The fourth-order valence-electron chi connectivity index (χ4n) is 1.83. The van der Waals surface area contributed by atoms with Crippen LogP contribution in [0.15, 0.2) is 42.5 Å². The molecule has 0 bridgehead atoms. The summed E-state index contributed by atoms with van der Waals surface area (Å²) in [5.41, 5.74) is 3.16. The average molecular weight is 300 g/mol. The highest BCUT2D eigenvalue weighted by Crippen LogP contribution is 2.21. The molecule has 0 unspecified atom stereocenters. The third-order valence-corrected chi connectivity index (χ3v) is 3.17. The highest BCUT2D eigenvalue weighted by Gasteiger charge is 2.01. The fraction of sp³-hybridized carbons (Fsp3) is 0.125. The van der Waals surface area contributed by atoms with Crippen LogP contribution in [0.3, 0.4) is 0 Å². The van der Waals surface area contributed by atoms with Gasteiger partial charge in [0.25, 0.3) is 0 Å². The first-order valence-electron chi connectivity index (χ1n) is 6.38. The summed E-state index contributed by atoms with van der Waals surface area (Å²) in [6.07, 6.45) is 0. The first-order valence-corrected chi connectivity index (χ1v) is 6.76. The summed E-state index contributed by atoms with van der Waals surface area (Å²) in [5, 5.41) is 15.2. The highest BCUT2D eigenvalue weighted by atomic mass is 35.5. The van der Waals surface area contributed by atoms with E-state index in [2.05, 4.69) is 10.6 Å². The molecule has 2 aromatic carbocycles. The maximum Gasteiger partial charge on any atom is 0.221 e. The van der Waals surface area contributed by atoms with Crippen molar-refractivity contribution in [2.45, 2.75) is 13.5 Å². The van der Waals surface area contributed by atoms with Crippen LogP contribution < -0.4 is 10.6 Å². The van der Waals surface area contributed by atoms with Crippen LogP contribution in [0.1, 0.15) is 18.1 Å².